The third kappa shape index (κ3) is 3.15. The zero-order valence-electron chi connectivity index (χ0n) is 14.9. The maximum absolute atomic E-state index is 6.06. The number of hydrogen-bond acceptors (Lipinski definition) is 4. The van der Waals surface area contributed by atoms with Gasteiger partial charge in [0, 0.05) is 20.2 Å². The van der Waals surface area contributed by atoms with Crippen LogP contribution in [0.4, 0.5) is 0 Å². The van der Waals surface area contributed by atoms with Crippen LogP contribution in [-0.4, -0.2) is 34.4 Å². The first-order valence-corrected chi connectivity index (χ1v) is 9.00. The van der Waals surface area contributed by atoms with Crippen LogP contribution in [0.5, 0.6) is 0 Å². The van der Waals surface area contributed by atoms with E-state index in [4.69, 9.17) is 9.15 Å². The molecule has 2 aliphatic rings. The number of aromatic nitrogens is 2. The highest BCUT2D eigenvalue weighted by Gasteiger charge is 2.32. The smallest absolute Gasteiger partial charge is 0.118 e. The Labute approximate surface area is 143 Å². The van der Waals surface area contributed by atoms with Crippen LogP contribution in [0.2, 0.25) is 0 Å². The molecule has 1 aliphatic carbocycles. The Morgan fingerprint density at radius 3 is 2.83 bits per heavy atom. The van der Waals surface area contributed by atoms with Crippen molar-refractivity contribution in [1.82, 2.24) is 14.7 Å². The summed E-state index contributed by atoms with van der Waals surface area (Å²) in [6.45, 7) is 7.63. The molecule has 1 atom stereocenters. The molecule has 0 radical (unpaired) electrons. The second-order valence-corrected chi connectivity index (χ2v) is 7.35. The quantitative estimate of drug-likeness (QED) is 0.816. The summed E-state index contributed by atoms with van der Waals surface area (Å²) in [6.07, 6.45) is 5.72. The van der Waals surface area contributed by atoms with Crippen LogP contribution < -0.4 is 0 Å². The van der Waals surface area contributed by atoms with E-state index in [1.165, 1.54) is 29.7 Å². The van der Waals surface area contributed by atoms with E-state index in [0.717, 1.165) is 50.2 Å². The van der Waals surface area contributed by atoms with Gasteiger partial charge in [0.1, 0.15) is 11.5 Å². The highest BCUT2D eigenvalue weighted by molar-refractivity contribution is 5.26. The van der Waals surface area contributed by atoms with Gasteiger partial charge in [-0.1, -0.05) is 0 Å². The number of furan rings is 1. The Morgan fingerprint density at radius 2 is 2.12 bits per heavy atom. The summed E-state index contributed by atoms with van der Waals surface area (Å²) >= 11 is 0. The fraction of sp³-hybridized carbons (Fsp3) is 0.632. The van der Waals surface area contributed by atoms with Gasteiger partial charge in [-0.05, 0) is 56.2 Å². The number of fused-ring (bicyclic) bond motifs is 1. The summed E-state index contributed by atoms with van der Waals surface area (Å²) in [5.41, 5.74) is 3.89. The number of nitrogens with zero attached hydrogens (tertiary/aromatic N) is 3. The summed E-state index contributed by atoms with van der Waals surface area (Å²) in [4.78, 5) is 2.48. The highest BCUT2D eigenvalue weighted by atomic mass is 16.5. The van der Waals surface area contributed by atoms with Crippen LogP contribution >= 0.6 is 0 Å². The van der Waals surface area contributed by atoms with E-state index >= 15 is 0 Å². The Bertz CT molecular complexity index is 695. The van der Waals surface area contributed by atoms with Crippen molar-refractivity contribution in [2.24, 2.45) is 13.0 Å². The molecule has 2 aromatic rings. The van der Waals surface area contributed by atoms with Gasteiger partial charge in [0.2, 0.25) is 0 Å². The van der Waals surface area contributed by atoms with Gasteiger partial charge in [0.05, 0.1) is 31.1 Å². The SMILES string of the molecule is Cc1cc(CN2CCc3cnn(C)c3[C@H]2COCC2CC2)oc1C. The first kappa shape index (κ1) is 15.9. The number of aryl methyl sites for hydroxylation is 3. The van der Waals surface area contributed by atoms with Crippen molar-refractivity contribution >= 4 is 0 Å². The van der Waals surface area contributed by atoms with Crippen LogP contribution in [0.3, 0.4) is 0 Å². The fourth-order valence-electron chi connectivity index (χ4n) is 3.64. The average molecular weight is 329 g/mol. The predicted molar refractivity (Wildman–Crippen MR) is 91.8 cm³/mol. The van der Waals surface area contributed by atoms with Gasteiger partial charge in [-0.3, -0.25) is 9.58 Å². The molecular formula is C19H27N3O2. The van der Waals surface area contributed by atoms with Crippen LogP contribution in [-0.2, 0) is 24.8 Å². The molecule has 1 aliphatic heterocycles. The van der Waals surface area contributed by atoms with Crippen molar-refractivity contribution in [2.75, 3.05) is 19.8 Å². The topological polar surface area (TPSA) is 43.4 Å². The lowest BCUT2D eigenvalue weighted by Crippen LogP contribution is -2.38. The molecule has 24 heavy (non-hydrogen) atoms. The maximum atomic E-state index is 6.06. The maximum Gasteiger partial charge on any atom is 0.118 e. The standard InChI is InChI=1S/C19H27N3O2/c1-13-8-17(24-14(13)2)10-22-7-6-16-9-20-21(3)19(16)18(22)12-23-11-15-4-5-15/h8-9,15,18H,4-7,10-12H2,1-3H3/t18-/m1/s1. The van der Waals surface area contributed by atoms with E-state index in [-0.39, 0.29) is 6.04 Å². The second kappa shape index (κ2) is 6.37. The Kier molecular flexibility index (Phi) is 4.22. The van der Waals surface area contributed by atoms with Crippen molar-refractivity contribution < 1.29 is 9.15 Å². The van der Waals surface area contributed by atoms with Crippen molar-refractivity contribution in [2.45, 2.75) is 45.7 Å². The van der Waals surface area contributed by atoms with Gasteiger partial charge >= 0.3 is 0 Å². The van der Waals surface area contributed by atoms with Gasteiger partial charge in [0.25, 0.3) is 0 Å². The largest absolute Gasteiger partial charge is 0.465 e. The summed E-state index contributed by atoms with van der Waals surface area (Å²) in [5, 5.41) is 4.47. The molecule has 0 N–H and O–H groups in total. The van der Waals surface area contributed by atoms with Gasteiger partial charge in [-0.25, -0.2) is 0 Å². The normalized spacial score (nSPS) is 21.2. The van der Waals surface area contributed by atoms with Crippen molar-refractivity contribution in [3.05, 3.63) is 40.6 Å². The van der Waals surface area contributed by atoms with Crippen LogP contribution in [0.1, 0.15) is 47.2 Å². The van der Waals surface area contributed by atoms with Crippen LogP contribution in [0, 0.1) is 19.8 Å². The number of ether oxygens (including phenoxy) is 1. The average Bonchev–Trinajstić information content (AvgIpc) is 3.22. The lowest BCUT2D eigenvalue weighted by Gasteiger charge is -2.35. The van der Waals surface area contributed by atoms with E-state index in [1.54, 1.807) is 0 Å². The Morgan fingerprint density at radius 1 is 1.29 bits per heavy atom. The minimum absolute atomic E-state index is 0.255. The molecule has 0 saturated heterocycles. The molecule has 0 aromatic carbocycles. The molecule has 4 rings (SSSR count). The molecular weight excluding hydrogens is 302 g/mol. The van der Waals surface area contributed by atoms with Crippen molar-refractivity contribution in [3.8, 4) is 0 Å². The van der Waals surface area contributed by atoms with Crippen molar-refractivity contribution in [3.63, 3.8) is 0 Å². The number of rotatable bonds is 6. The lowest BCUT2D eigenvalue weighted by atomic mass is 10.00. The summed E-state index contributed by atoms with van der Waals surface area (Å²) in [6, 6.07) is 2.42. The second-order valence-electron chi connectivity index (χ2n) is 7.35. The highest BCUT2D eigenvalue weighted by Crippen LogP contribution is 2.33. The summed E-state index contributed by atoms with van der Waals surface area (Å²) < 4.78 is 14.0. The summed E-state index contributed by atoms with van der Waals surface area (Å²) in [5.74, 6) is 2.86. The lowest BCUT2D eigenvalue weighted by molar-refractivity contribution is 0.0383. The molecule has 0 bridgehead atoms. The molecule has 0 spiro atoms. The molecule has 5 heteroatoms. The molecule has 1 fully saturated rings. The third-order valence-electron chi connectivity index (χ3n) is 5.39. The predicted octanol–water partition coefficient (Wildman–Crippen LogP) is 3.16. The molecule has 2 aromatic heterocycles. The van der Waals surface area contributed by atoms with E-state index in [1.807, 2.05) is 24.9 Å². The molecule has 5 nitrogen and oxygen atoms in total. The van der Waals surface area contributed by atoms with E-state index in [9.17, 15) is 0 Å². The first-order chi connectivity index (χ1) is 11.6. The monoisotopic (exact) mass is 329 g/mol. The Hall–Kier alpha value is -1.59. The van der Waals surface area contributed by atoms with E-state index < -0.39 is 0 Å². The summed E-state index contributed by atoms with van der Waals surface area (Å²) in [7, 11) is 2.04. The van der Waals surface area contributed by atoms with Gasteiger partial charge < -0.3 is 9.15 Å². The van der Waals surface area contributed by atoms with Gasteiger partial charge in [-0.15, -0.1) is 0 Å². The van der Waals surface area contributed by atoms with Gasteiger partial charge in [-0.2, -0.15) is 5.10 Å². The minimum Gasteiger partial charge on any atom is -0.465 e. The van der Waals surface area contributed by atoms with Gasteiger partial charge in [0.15, 0.2) is 0 Å². The van der Waals surface area contributed by atoms with Crippen LogP contribution in [0.25, 0.3) is 0 Å². The van der Waals surface area contributed by atoms with E-state index in [2.05, 4.69) is 23.0 Å². The van der Waals surface area contributed by atoms with Crippen molar-refractivity contribution in [1.29, 1.82) is 0 Å². The molecule has 1 saturated carbocycles. The van der Waals surface area contributed by atoms with E-state index in [0.29, 0.717) is 0 Å². The Balaban J connectivity index is 1.53. The third-order valence-corrected chi connectivity index (χ3v) is 5.39. The fourth-order valence-corrected chi connectivity index (χ4v) is 3.64. The first-order valence-electron chi connectivity index (χ1n) is 9.00. The molecule has 0 unspecified atom stereocenters. The minimum atomic E-state index is 0.255. The zero-order chi connectivity index (χ0) is 16.7. The molecule has 130 valence electrons. The van der Waals surface area contributed by atoms with Crippen LogP contribution in [0.15, 0.2) is 16.7 Å². The number of hydrogen-bond donors (Lipinski definition) is 0. The molecule has 3 heterocycles. The zero-order valence-corrected chi connectivity index (χ0v) is 14.9. The molecule has 0 amide bonds.